The Kier molecular flexibility index (Phi) is 6.36. The molecular weight excluding hydrogens is 429 g/mol. The number of anilines is 1. The van der Waals surface area contributed by atoms with Crippen LogP contribution in [0.1, 0.15) is 53.4 Å². The van der Waals surface area contributed by atoms with Crippen LogP contribution in [0.2, 0.25) is 0 Å². The molecule has 0 aromatic heterocycles. The highest BCUT2D eigenvalue weighted by Crippen LogP contribution is 2.33. The van der Waals surface area contributed by atoms with Gasteiger partial charge in [0.05, 0.1) is 23.5 Å². The Morgan fingerprint density at radius 1 is 1.16 bits per heavy atom. The minimum Gasteiger partial charge on any atom is -0.345 e. The lowest BCUT2D eigenvalue weighted by atomic mass is 9.95. The van der Waals surface area contributed by atoms with Gasteiger partial charge in [-0.2, -0.15) is 13.2 Å². The molecule has 0 radical (unpaired) electrons. The van der Waals surface area contributed by atoms with Crippen LogP contribution in [0.3, 0.4) is 0 Å². The number of nitrogens with one attached hydrogen (secondary N) is 1. The molecule has 1 N–H and O–H groups in total. The van der Waals surface area contributed by atoms with Crippen LogP contribution in [0.25, 0.3) is 0 Å². The van der Waals surface area contributed by atoms with Gasteiger partial charge in [0.1, 0.15) is 0 Å². The van der Waals surface area contributed by atoms with Gasteiger partial charge >= 0.3 is 6.18 Å². The Labute approximate surface area is 180 Å². The van der Waals surface area contributed by atoms with Gasteiger partial charge in [-0.15, -0.1) is 0 Å². The van der Waals surface area contributed by atoms with Crippen LogP contribution in [0.15, 0.2) is 42.5 Å². The molecule has 31 heavy (non-hydrogen) atoms. The number of benzene rings is 2. The molecule has 168 valence electrons. The highest BCUT2D eigenvalue weighted by Gasteiger charge is 2.31. The van der Waals surface area contributed by atoms with Crippen molar-refractivity contribution in [3.63, 3.8) is 0 Å². The summed E-state index contributed by atoms with van der Waals surface area (Å²) in [6, 6.07) is 9.19. The van der Waals surface area contributed by atoms with Crippen molar-refractivity contribution in [2.45, 2.75) is 38.9 Å². The van der Waals surface area contributed by atoms with Crippen LogP contribution in [-0.4, -0.2) is 27.1 Å². The number of sulfonamides is 1. The zero-order valence-corrected chi connectivity index (χ0v) is 18.3. The van der Waals surface area contributed by atoms with Gasteiger partial charge in [0.15, 0.2) is 0 Å². The van der Waals surface area contributed by atoms with Gasteiger partial charge in [-0.25, -0.2) is 8.42 Å². The number of hydrogen-bond acceptors (Lipinski definition) is 3. The number of halogens is 3. The Bertz CT molecular complexity index is 1080. The lowest BCUT2D eigenvalue weighted by molar-refractivity contribution is -0.137. The average molecular weight is 455 g/mol. The topological polar surface area (TPSA) is 66.5 Å². The first kappa shape index (κ1) is 23.1. The first-order chi connectivity index (χ1) is 14.4. The SMILES string of the molecule is CC(C)CC(NC(=O)c1ccc2c(c1)CCN2S(C)(=O)=O)c1cccc(C(F)(F)F)c1. The number of carbonyl (C=O) groups excluding carboxylic acids is 1. The van der Waals surface area contributed by atoms with E-state index in [0.29, 0.717) is 36.2 Å². The molecule has 1 heterocycles. The molecule has 1 atom stereocenters. The van der Waals surface area contributed by atoms with Gasteiger partial charge in [-0.05, 0) is 60.2 Å². The first-order valence-electron chi connectivity index (χ1n) is 9.95. The zero-order chi connectivity index (χ0) is 23.0. The van der Waals surface area contributed by atoms with Crippen molar-refractivity contribution in [1.29, 1.82) is 0 Å². The second kappa shape index (κ2) is 8.53. The summed E-state index contributed by atoms with van der Waals surface area (Å²) < 4.78 is 64.5. The molecule has 0 bridgehead atoms. The Hall–Kier alpha value is -2.55. The number of alkyl halides is 3. The third-order valence-electron chi connectivity index (χ3n) is 5.22. The third-order valence-corrected chi connectivity index (χ3v) is 6.40. The van der Waals surface area contributed by atoms with Crippen molar-refractivity contribution in [3.05, 3.63) is 64.7 Å². The van der Waals surface area contributed by atoms with Gasteiger partial charge in [-0.1, -0.05) is 26.0 Å². The fraction of sp³-hybridized carbons (Fsp3) is 0.409. The molecule has 0 fully saturated rings. The highest BCUT2D eigenvalue weighted by molar-refractivity contribution is 7.92. The van der Waals surface area contributed by atoms with Gasteiger partial charge in [0.2, 0.25) is 10.0 Å². The number of nitrogens with zero attached hydrogens (tertiary/aromatic N) is 1. The Morgan fingerprint density at radius 3 is 2.48 bits per heavy atom. The molecule has 0 spiro atoms. The minimum atomic E-state index is -4.46. The van der Waals surface area contributed by atoms with Crippen LogP contribution in [0.5, 0.6) is 0 Å². The fourth-order valence-electron chi connectivity index (χ4n) is 3.78. The number of amides is 1. The van der Waals surface area contributed by atoms with E-state index in [4.69, 9.17) is 0 Å². The standard InChI is InChI=1S/C22H25F3N2O3S/c1-14(2)11-19(15-5-4-6-18(13-15)22(23,24)25)26-21(28)17-7-8-20-16(12-17)9-10-27(20)31(3,29)30/h4-8,12-14,19H,9-11H2,1-3H3,(H,26,28). The molecule has 0 saturated heterocycles. The summed E-state index contributed by atoms with van der Waals surface area (Å²) in [6.07, 6.45) is -2.37. The molecule has 1 amide bonds. The largest absolute Gasteiger partial charge is 0.416 e. The predicted molar refractivity (Wildman–Crippen MR) is 113 cm³/mol. The zero-order valence-electron chi connectivity index (χ0n) is 17.5. The van der Waals surface area contributed by atoms with Crippen molar-refractivity contribution in [2.24, 2.45) is 5.92 Å². The molecule has 0 saturated carbocycles. The van der Waals surface area contributed by atoms with E-state index >= 15 is 0 Å². The molecule has 0 aliphatic carbocycles. The number of carbonyl (C=O) groups is 1. The molecule has 1 aliphatic heterocycles. The van der Waals surface area contributed by atoms with E-state index in [1.54, 1.807) is 18.2 Å². The summed E-state index contributed by atoms with van der Waals surface area (Å²) in [5, 5.41) is 2.85. The second-order valence-electron chi connectivity index (χ2n) is 8.21. The predicted octanol–water partition coefficient (Wildman–Crippen LogP) is 4.54. The molecule has 2 aromatic carbocycles. The van der Waals surface area contributed by atoms with Gasteiger partial charge in [0.25, 0.3) is 5.91 Å². The third kappa shape index (κ3) is 5.39. The average Bonchev–Trinajstić information content (AvgIpc) is 3.10. The summed E-state index contributed by atoms with van der Waals surface area (Å²) in [5.74, 6) is -0.271. The van der Waals surface area contributed by atoms with Crippen LogP contribution in [0, 0.1) is 5.92 Å². The van der Waals surface area contributed by atoms with Crippen molar-refractivity contribution in [1.82, 2.24) is 5.32 Å². The van der Waals surface area contributed by atoms with Crippen LogP contribution >= 0.6 is 0 Å². The molecule has 5 nitrogen and oxygen atoms in total. The summed E-state index contributed by atoms with van der Waals surface area (Å²) >= 11 is 0. The van der Waals surface area contributed by atoms with Crippen molar-refractivity contribution in [3.8, 4) is 0 Å². The maximum atomic E-state index is 13.1. The lowest BCUT2D eigenvalue weighted by Crippen LogP contribution is -2.30. The maximum Gasteiger partial charge on any atom is 0.416 e. The summed E-state index contributed by atoms with van der Waals surface area (Å²) in [4.78, 5) is 12.9. The van der Waals surface area contributed by atoms with Crippen LogP contribution < -0.4 is 9.62 Å². The highest BCUT2D eigenvalue weighted by atomic mass is 32.2. The molecular formula is C22H25F3N2O3S. The number of rotatable bonds is 6. The monoisotopic (exact) mass is 454 g/mol. The van der Waals surface area contributed by atoms with E-state index in [0.717, 1.165) is 24.0 Å². The molecule has 2 aromatic rings. The minimum absolute atomic E-state index is 0.142. The molecule has 3 rings (SSSR count). The van der Waals surface area contributed by atoms with Crippen molar-refractivity contribution < 1.29 is 26.4 Å². The number of fused-ring (bicyclic) bond motifs is 1. The number of hydrogen-bond donors (Lipinski definition) is 1. The van der Waals surface area contributed by atoms with E-state index in [-0.39, 0.29) is 5.92 Å². The summed E-state index contributed by atoms with van der Waals surface area (Å²) in [6.45, 7) is 4.18. The van der Waals surface area contributed by atoms with E-state index in [1.807, 2.05) is 13.8 Å². The quantitative estimate of drug-likeness (QED) is 0.697. The summed E-state index contributed by atoms with van der Waals surface area (Å²) in [7, 11) is -3.39. The van der Waals surface area contributed by atoms with Gasteiger partial charge in [0, 0.05) is 12.1 Å². The van der Waals surface area contributed by atoms with Crippen molar-refractivity contribution >= 4 is 21.6 Å². The van der Waals surface area contributed by atoms with Crippen LogP contribution in [-0.2, 0) is 22.6 Å². The first-order valence-corrected chi connectivity index (χ1v) is 11.8. The second-order valence-corrected chi connectivity index (χ2v) is 10.1. The summed E-state index contributed by atoms with van der Waals surface area (Å²) in [5.41, 5.74) is 1.27. The van der Waals surface area contributed by atoms with Gasteiger partial charge < -0.3 is 5.32 Å². The van der Waals surface area contributed by atoms with E-state index in [9.17, 15) is 26.4 Å². The van der Waals surface area contributed by atoms with E-state index < -0.39 is 33.7 Å². The normalized spacial score (nSPS) is 15.1. The van der Waals surface area contributed by atoms with Crippen LogP contribution in [0.4, 0.5) is 18.9 Å². The van der Waals surface area contributed by atoms with Crippen molar-refractivity contribution in [2.75, 3.05) is 17.1 Å². The Balaban J connectivity index is 1.86. The maximum absolute atomic E-state index is 13.1. The van der Waals surface area contributed by atoms with E-state index in [1.165, 1.54) is 16.4 Å². The lowest BCUT2D eigenvalue weighted by Gasteiger charge is -2.22. The van der Waals surface area contributed by atoms with E-state index in [2.05, 4.69) is 5.32 Å². The smallest absolute Gasteiger partial charge is 0.345 e. The molecule has 9 heteroatoms. The molecule has 1 unspecified atom stereocenters. The van der Waals surface area contributed by atoms with Gasteiger partial charge in [-0.3, -0.25) is 9.10 Å². The molecule has 1 aliphatic rings. The Morgan fingerprint density at radius 2 is 1.87 bits per heavy atom. The fourth-order valence-corrected chi connectivity index (χ4v) is 4.74.